The quantitative estimate of drug-likeness (QED) is 0.602. The molecule has 124 valence electrons. The second-order valence-corrected chi connectivity index (χ2v) is 7.35. The van der Waals surface area contributed by atoms with Crippen molar-refractivity contribution in [1.29, 1.82) is 0 Å². The van der Waals surface area contributed by atoms with Gasteiger partial charge in [-0.1, -0.05) is 11.8 Å². The molecule has 1 amide bonds. The van der Waals surface area contributed by atoms with Gasteiger partial charge in [0, 0.05) is 31.2 Å². The Morgan fingerprint density at radius 3 is 2.83 bits per heavy atom. The van der Waals surface area contributed by atoms with E-state index in [9.17, 15) is 9.59 Å². The number of hydrogen-bond donors (Lipinski definition) is 2. The van der Waals surface area contributed by atoms with Gasteiger partial charge in [0.1, 0.15) is 0 Å². The van der Waals surface area contributed by atoms with Gasteiger partial charge in [-0.2, -0.15) is 0 Å². The van der Waals surface area contributed by atoms with Crippen LogP contribution in [0.5, 0.6) is 0 Å². The number of nitrogens with one attached hydrogen (secondary N) is 2. The van der Waals surface area contributed by atoms with Crippen LogP contribution >= 0.6 is 23.1 Å². The first-order valence-electron chi connectivity index (χ1n) is 6.99. The molecule has 2 aromatic rings. The zero-order valence-electron chi connectivity index (χ0n) is 13.4. The summed E-state index contributed by atoms with van der Waals surface area (Å²) in [5.41, 5.74) is 1.24. The van der Waals surface area contributed by atoms with Crippen LogP contribution in [-0.2, 0) is 11.3 Å². The predicted molar refractivity (Wildman–Crippen MR) is 93.2 cm³/mol. The van der Waals surface area contributed by atoms with E-state index in [0.717, 1.165) is 10.8 Å². The normalized spacial score (nSPS) is 12.0. The minimum atomic E-state index is -0.369. The van der Waals surface area contributed by atoms with Gasteiger partial charge in [0.15, 0.2) is 10.3 Å². The summed E-state index contributed by atoms with van der Waals surface area (Å²) in [6.45, 7) is 3.90. The van der Waals surface area contributed by atoms with E-state index in [1.807, 2.05) is 24.4 Å². The van der Waals surface area contributed by atoms with Crippen molar-refractivity contribution in [2.45, 2.75) is 30.8 Å². The number of anilines is 1. The van der Waals surface area contributed by atoms with Crippen LogP contribution in [0.25, 0.3) is 0 Å². The maximum absolute atomic E-state index is 12.1. The number of amides is 1. The number of thiazole rings is 1. The van der Waals surface area contributed by atoms with Crippen LogP contribution in [0.4, 0.5) is 5.13 Å². The third-order valence-electron chi connectivity index (χ3n) is 2.87. The maximum Gasteiger partial charge on any atom is 0.251 e. The summed E-state index contributed by atoms with van der Waals surface area (Å²) in [7, 11) is 3.85. The van der Waals surface area contributed by atoms with Gasteiger partial charge < -0.3 is 15.2 Å². The third kappa shape index (κ3) is 5.07. The van der Waals surface area contributed by atoms with Gasteiger partial charge in [0.2, 0.25) is 5.91 Å². The van der Waals surface area contributed by atoms with Gasteiger partial charge in [0.05, 0.1) is 17.5 Å². The number of aryl methyl sites for hydroxylation is 1. The Morgan fingerprint density at radius 1 is 1.48 bits per heavy atom. The molecule has 0 aliphatic heterocycles. The van der Waals surface area contributed by atoms with Crippen molar-refractivity contribution in [2.75, 3.05) is 19.0 Å². The van der Waals surface area contributed by atoms with Crippen LogP contribution in [0.2, 0.25) is 0 Å². The number of hydrogen-bond acceptors (Lipinski definition) is 7. The smallest absolute Gasteiger partial charge is 0.251 e. The highest BCUT2D eigenvalue weighted by atomic mass is 32.2. The number of aromatic nitrogens is 3. The lowest BCUT2D eigenvalue weighted by atomic mass is 10.4. The van der Waals surface area contributed by atoms with Gasteiger partial charge in [-0.3, -0.25) is 9.59 Å². The molecule has 2 aromatic heterocycles. The summed E-state index contributed by atoms with van der Waals surface area (Å²) in [6.07, 6.45) is 0. The van der Waals surface area contributed by atoms with Crippen molar-refractivity contribution < 1.29 is 4.79 Å². The molecule has 0 fully saturated rings. The Bertz CT molecular complexity index is 741. The minimum absolute atomic E-state index is 0.126. The molecule has 0 aromatic carbocycles. The van der Waals surface area contributed by atoms with E-state index in [0.29, 0.717) is 17.4 Å². The molecule has 0 aliphatic rings. The van der Waals surface area contributed by atoms with Crippen LogP contribution in [0, 0.1) is 6.92 Å². The highest BCUT2D eigenvalue weighted by Gasteiger charge is 2.16. The van der Waals surface area contributed by atoms with E-state index in [2.05, 4.69) is 20.3 Å². The zero-order chi connectivity index (χ0) is 17.0. The van der Waals surface area contributed by atoms with Crippen LogP contribution in [0.3, 0.4) is 0 Å². The van der Waals surface area contributed by atoms with Crippen molar-refractivity contribution in [3.05, 3.63) is 33.2 Å². The summed E-state index contributed by atoms with van der Waals surface area (Å²) >= 11 is 2.75. The number of rotatable bonds is 6. The summed E-state index contributed by atoms with van der Waals surface area (Å²) in [6, 6.07) is 1.42. The highest BCUT2D eigenvalue weighted by Crippen LogP contribution is 2.20. The molecule has 2 rings (SSSR count). The molecule has 0 radical (unpaired) electrons. The number of carbonyl (C=O) groups is 1. The van der Waals surface area contributed by atoms with Crippen LogP contribution < -0.4 is 15.8 Å². The highest BCUT2D eigenvalue weighted by molar-refractivity contribution is 8.00. The van der Waals surface area contributed by atoms with Crippen molar-refractivity contribution in [3.63, 3.8) is 0 Å². The van der Waals surface area contributed by atoms with E-state index in [1.165, 1.54) is 29.2 Å². The molecule has 1 unspecified atom stereocenters. The first-order chi connectivity index (χ1) is 10.8. The molecule has 7 nitrogen and oxygen atoms in total. The van der Waals surface area contributed by atoms with Gasteiger partial charge in [-0.15, -0.1) is 11.3 Å². The average Bonchev–Trinajstić information content (AvgIpc) is 2.92. The standard InChI is InChI=1S/C14H19N5O2S2/c1-8-5-11(20)18-13(16-8)23-9(2)12(21)15-6-10-7-22-14(17-10)19(3)4/h5,7,9H,6H2,1-4H3,(H,15,21)(H,16,18,20). The van der Waals surface area contributed by atoms with Crippen molar-refractivity contribution in [1.82, 2.24) is 20.3 Å². The van der Waals surface area contributed by atoms with Crippen molar-refractivity contribution in [3.8, 4) is 0 Å². The lowest BCUT2D eigenvalue weighted by Crippen LogP contribution is -2.30. The molecule has 0 saturated carbocycles. The number of carbonyl (C=O) groups excluding carboxylic acids is 1. The molecule has 1 atom stereocenters. The maximum atomic E-state index is 12.1. The van der Waals surface area contributed by atoms with E-state index >= 15 is 0 Å². The monoisotopic (exact) mass is 353 g/mol. The van der Waals surface area contributed by atoms with E-state index in [4.69, 9.17) is 0 Å². The predicted octanol–water partition coefficient (Wildman–Crippen LogP) is 1.40. The zero-order valence-corrected chi connectivity index (χ0v) is 15.0. The molecular formula is C14H19N5O2S2. The van der Waals surface area contributed by atoms with E-state index in [1.54, 1.807) is 13.8 Å². The fraction of sp³-hybridized carbons (Fsp3) is 0.429. The Hall–Kier alpha value is -1.87. The van der Waals surface area contributed by atoms with Gasteiger partial charge >= 0.3 is 0 Å². The Balaban J connectivity index is 1.90. The first kappa shape index (κ1) is 17.5. The summed E-state index contributed by atoms with van der Waals surface area (Å²) < 4.78 is 0. The Morgan fingerprint density at radius 2 is 2.22 bits per heavy atom. The summed E-state index contributed by atoms with van der Waals surface area (Å²) in [4.78, 5) is 36.7. The lowest BCUT2D eigenvalue weighted by molar-refractivity contribution is -0.120. The van der Waals surface area contributed by atoms with Crippen LogP contribution in [-0.4, -0.2) is 40.2 Å². The fourth-order valence-corrected chi connectivity index (χ4v) is 3.37. The second-order valence-electron chi connectivity index (χ2n) is 5.19. The SMILES string of the molecule is Cc1cc(=O)[nH]c(SC(C)C(=O)NCc2csc(N(C)C)n2)n1. The minimum Gasteiger partial charge on any atom is -0.354 e. The average molecular weight is 353 g/mol. The van der Waals surface area contributed by atoms with Crippen molar-refractivity contribution >= 4 is 34.1 Å². The van der Waals surface area contributed by atoms with Gasteiger partial charge in [-0.25, -0.2) is 9.97 Å². The number of thioether (sulfide) groups is 1. The Labute approximate surface area is 142 Å². The molecule has 23 heavy (non-hydrogen) atoms. The first-order valence-corrected chi connectivity index (χ1v) is 8.75. The number of aromatic amines is 1. The third-order valence-corrected chi connectivity index (χ3v) is 4.91. The van der Waals surface area contributed by atoms with E-state index < -0.39 is 0 Å². The largest absolute Gasteiger partial charge is 0.354 e. The molecule has 9 heteroatoms. The molecular weight excluding hydrogens is 334 g/mol. The molecule has 0 saturated heterocycles. The van der Waals surface area contributed by atoms with Gasteiger partial charge in [-0.05, 0) is 13.8 Å². The topological polar surface area (TPSA) is 91.0 Å². The molecule has 0 aliphatic carbocycles. The summed E-state index contributed by atoms with van der Waals surface area (Å²) in [5, 5.41) is 5.75. The molecule has 0 spiro atoms. The number of nitrogens with zero attached hydrogens (tertiary/aromatic N) is 3. The lowest BCUT2D eigenvalue weighted by Gasteiger charge is -2.11. The fourth-order valence-electron chi connectivity index (χ4n) is 1.73. The molecule has 2 N–H and O–H groups in total. The summed E-state index contributed by atoms with van der Waals surface area (Å²) in [5.74, 6) is -0.126. The van der Waals surface area contributed by atoms with Crippen LogP contribution in [0.1, 0.15) is 18.3 Å². The molecule has 2 heterocycles. The molecule has 0 bridgehead atoms. The van der Waals surface area contributed by atoms with E-state index in [-0.39, 0.29) is 16.7 Å². The van der Waals surface area contributed by atoms with Gasteiger partial charge in [0.25, 0.3) is 5.56 Å². The van der Waals surface area contributed by atoms with Crippen LogP contribution in [0.15, 0.2) is 21.4 Å². The second kappa shape index (κ2) is 7.60. The van der Waals surface area contributed by atoms with Crippen molar-refractivity contribution in [2.24, 2.45) is 0 Å². The number of H-pyrrole nitrogens is 1. The Kier molecular flexibility index (Phi) is 5.78.